The Morgan fingerprint density at radius 3 is 1.81 bits per heavy atom. The van der Waals surface area contributed by atoms with Gasteiger partial charge in [-0.2, -0.15) is 0 Å². The molecule has 0 unspecified atom stereocenters. The molecule has 1 atom stereocenters. The number of carbonyl (C=O) groups excluding carboxylic acids is 2. The zero-order valence-corrected chi connectivity index (χ0v) is 14.7. The molecule has 2 heteroatoms. The third-order valence-corrected chi connectivity index (χ3v) is 4.52. The minimum atomic E-state index is -0.0971. The maximum Gasteiger partial charge on any atom is 0.163 e. The summed E-state index contributed by atoms with van der Waals surface area (Å²) < 4.78 is 0. The fourth-order valence-corrected chi connectivity index (χ4v) is 3.17. The van der Waals surface area contributed by atoms with Gasteiger partial charge in [-0.3, -0.25) is 9.59 Å². The minimum Gasteiger partial charge on any atom is -0.299 e. The largest absolute Gasteiger partial charge is 0.299 e. The second-order valence-corrected chi connectivity index (χ2v) is 6.51. The molecule has 0 aliphatic carbocycles. The molecule has 0 aromatic heterocycles. The molecule has 0 fully saturated rings. The van der Waals surface area contributed by atoms with E-state index in [1.54, 1.807) is 0 Å². The predicted octanol–water partition coefficient (Wildman–Crippen LogP) is 5.25. The lowest BCUT2D eigenvalue weighted by Crippen LogP contribution is -2.14. The van der Waals surface area contributed by atoms with Crippen LogP contribution in [0.15, 0.2) is 91.0 Å². The van der Waals surface area contributed by atoms with E-state index in [2.05, 4.69) is 0 Å². The first-order valence-corrected chi connectivity index (χ1v) is 8.91. The standard InChI is InChI=1S/C24H22O2/c25-23(16-19-10-4-1-5-11-19)17-22(20-12-6-2-7-13-20)18-24(26)21-14-8-3-9-15-21/h1-15,22H,16-18H2/t22-/m1/s1. The SMILES string of the molecule is O=C(Cc1ccccc1)C[C@H](CC(=O)c1ccccc1)c1ccccc1. The van der Waals surface area contributed by atoms with Crippen LogP contribution in [0.5, 0.6) is 0 Å². The molecule has 3 aromatic carbocycles. The minimum absolute atomic E-state index is 0.0759. The normalized spacial score (nSPS) is 11.7. The van der Waals surface area contributed by atoms with Crippen LogP contribution in [0.4, 0.5) is 0 Å². The van der Waals surface area contributed by atoms with Crippen LogP contribution in [0.2, 0.25) is 0 Å². The van der Waals surface area contributed by atoms with E-state index in [0.29, 0.717) is 24.8 Å². The maximum absolute atomic E-state index is 12.7. The third-order valence-electron chi connectivity index (χ3n) is 4.52. The highest BCUT2D eigenvalue weighted by molar-refractivity contribution is 5.97. The highest BCUT2D eigenvalue weighted by Crippen LogP contribution is 2.26. The number of hydrogen-bond donors (Lipinski definition) is 0. The van der Waals surface area contributed by atoms with Crippen molar-refractivity contribution in [2.45, 2.75) is 25.2 Å². The first-order valence-electron chi connectivity index (χ1n) is 8.91. The van der Waals surface area contributed by atoms with Crippen LogP contribution < -0.4 is 0 Å². The predicted molar refractivity (Wildman–Crippen MR) is 104 cm³/mol. The monoisotopic (exact) mass is 342 g/mol. The van der Waals surface area contributed by atoms with Gasteiger partial charge in [0.1, 0.15) is 5.78 Å². The van der Waals surface area contributed by atoms with E-state index in [0.717, 1.165) is 11.1 Å². The lowest BCUT2D eigenvalue weighted by Gasteiger charge is -2.16. The fraction of sp³-hybridized carbons (Fsp3) is 0.167. The number of hydrogen-bond acceptors (Lipinski definition) is 2. The van der Waals surface area contributed by atoms with Gasteiger partial charge in [-0.15, -0.1) is 0 Å². The molecule has 0 saturated carbocycles. The number of Topliss-reactive ketones (excluding diaryl/α,β-unsaturated/α-hetero) is 2. The van der Waals surface area contributed by atoms with Gasteiger partial charge in [-0.05, 0) is 17.0 Å². The topological polar surface area (TPSA) is 34.1 Å². The number of benzene rings is 3. The van der Waals surface area contributed by atoms with Crippen molar-refractivity contribution in [3.63, 3.8) is 0 Å². The van der Waals surface area contributed by atoms with E-state index in [-0.39, 0.29) is 17.5 Å². The Balaban J connectivity index is 1.73. The highest BCUT2D eigenvalue weighted by Gasteiger charge is 2.20. The summed E-state index contributed by atoms with van der Waals surface area (Å²) in [6, 6.07) is 28.9. The van der Waals surface area contributed by atoms with Crippen molar-refractivity contribution in [3.8, 4) is 0 Å². The van der Waals surface area contributed by atoms with E-state index < -0.39 is 0 Å². The second kappa shape index (κ2) is 8.91. The van der Waals surface area contributed by atoms with Gasteiger partial charge in [0, 0.05) is 24.8 Å². The molecule has 0 radical (unpaired) electrons. The van der Waals surface area contributed by atoms with Crippen LogP contribution in [0.1, 0.15) is 40.2 Å². The van der Waals surface area contributed by atoms with E-state index in [1.165, 1.54) is 0 Å². The lowest BCUT2D eigenvalue weighted by atomic mass is 9.86. The smallest absolute Gasteiger partial charge is 0.163 e. The van der Waals surface area contributed by atoms with E-state index in [9.17, 15) is 9.59 Å². The van der Waals surface area contributed by atoms with Gasteiger partial charge in [0.25, 0.3) is 0 Å². The molecule has 0 N–H and O–H groups in total. The third kappa shape index (κ3) is 5.00. The zero-order valence-electron chi connectivity index (χ0n) is 14.7. The van der Waals surface area contributed by atoms with Crippen molar-refractivity contribution < 1.29 is 9.59 Å². The van der Waals surface area contributed by atoms with Crippen molar-refractivity contribution in [3.05, 3.63) is 108 Å². The van der Waals surface area contributed by atoms with Gasteiger partial charge in [0.2, 0.25) is 0 Å². The average Bonchev–Trinajstić information content (AvgIpc) is 2.69. The molecule has 0 amide bonds. The Bertz CT molecular complexity index is 839. The molecule has 0 saturated heterocycles. The highest BCUT2D eigenvalue weighted by atomic mass is 16.1. The van der Waals surface area contributed by atoms with Crippen LogP contribution in [0.3, 0.4) is 0 Å². The molecule has 0 aliphatic rings. The molecule has 0 aliphatic heterocycles. The summed E-state index contributed by atoms with van der Waals surface area (Å²) in [5.74, 6) is 0.137. The van der Waals surface area contributed by atoms with Crippen LogP contribution >= 0.6 is 0 Å². The lowest BCUT2D eigenvalue weighted by molar-refractivity contribution is -0.118. The first kappa shape index (κ1) is 17.8. The Morgan fingerprint density at radius 1 is 0.654 bits per heavy atom. The second-order valence-electron chi connectivity index (χ2n) is 6.51. The van der Waals surface area contributed by atoms with Gasteiger partial charge < -0.3 is 0 Å². The fourth-order valence-electron chi connectivity index (χ4n) is 3.17. The summed E-state index contributed by atoms with van der Waals surface area (Å²) in [6.45, 7) is 0. The van der Waals surface area contributed by atoms with Crippen molar-refractivity contribution in [2.75, 3.05) is 0 Å². The summed E-state index contributed by atoms with van der Waals surface area (Å²) in [5, 5.41) is 0. The van der Waals surface area contributed by atoms with Crippen molar-refractivity contribution in [1.29, 1.82) is 0 Å². The van der Waals surface area contributed by atoms with Gasteiger partial charge >= 0.3 is 0 Å². The molecule has 130 valence electrons. The Hall–Kier alpha value is -3.00. The first-order chi connectivity index (χ1) is 12.7. The number of carbonyl (C=O) groups is 2. The quantitative estimate of drug-likeness (QED) is 0.524. The molecular weight excluding hydrogens is 320 g/mol. The molecule has 26 heavy (non-hydrogen) atoms. The summed E-state index contributed by atoms with van der Waals surface area (Å²) in [5.41, 5.74) is 2.75. The molecule has 3 rings (SSSR count). The van der Waals surface area contributed by atoms with Crippen LogP contribution in [-0.4, -0.2) is 11.6 Å². The summed E-state index contributed by atoms with van der Waals surface area (Å²) in [6.07, 6.45) is 1.12. The maximum atomic E-state index is 12.7. The van der Waals surface area contributed by atoms with E-state index in [1.807, 2.05) is 91.0 Å². The molecule has 3 aromatic rings. The molecular formula is C24H22O2. The molecule has 0 heterocycles. The van der Waals surface area contributed by atoms with Gasteiger partial charge in [-0.1, -0.05) is 91.0 Å². The van der Waals surface area contributed by atoms with Gasteiger partial charge in [0.05, 0.1) is 0 Å². The van der Waals surface area contributed by atoms with Gasteiger partial charge in [0.15, 0.2) is 5.78 Å². The Kier molecular flexibility index (Phi) is 6.10. The number of rotatable bonds is 8. The van der Waals surface area contributed by atoms with Gasteiger partial charge in [-0.25, -0.2) is 0 Å². The van der Waals surface area contributed by atoms with Crippen molar-refractivity contribution in [1.82, 2.24) is 0 Å². The summed E-state index contributed by atoms with van der Waals surface area (Å²) in [7, 11) is 0. The Labute approximate surface area is 154 Å². The Morgan fingerprint density at radius 2 is 1.19 bits per heavy atom. The van der Waals surface area contributed by atoms with Crippen LogP contribution in [0, 0.1) is 0 Å². The molecule has 0 spiro atoms. The van der Waals surface area contributed by atoms with Crippen molar-refractivity contribution in [2.24, 2.45) is 0 Å². The molecule has 2 nitrogen and oxygen atoms in total. The van der Waals surface area contributed by atoms with E-state index in [4.69, 9.17) is 0 Å². The van der Waals surface area contributed by atoms with E-state index >= 15 is 0 Å². The molecule has 0 bridgehead atoms. The summed E-state index contributed by atoms with van der Waals surface area (Å²) >= 11 is 0. The average molecular weight is 342 g/mol. The van der Waals surface area contributed by atoms with Crippen LogP contribution in [-0.2, 0) is 11.2 Å². The van der Waals surface area contributed by atoms with Crippen molar-refractivity contribution >= 4 is 11.6 Å². The zero-order chi connectivity index (χ0) is 18.2. The summed E-state index contributed by atoms with van der Waals surface area (Å²) in [4.78, 5) is 25.3. The van der Waals surface area contributed by atoms with Crippen LogP contribution in [0.25, 0.3) is 0 Å². The number of ketones is 2.